The lowest BCUT2D eigenvalue weighted by molar-refractivity contribution is -0.139. The van der Waals surface area contributed by atoms with Gasteiger partial charge in [0.15, 0.2) is 0 Å². The zero-order chi connectivity index (χ0) is 15.8. The lowest BCUT2D eigenvalue weighted by atomic mass is 10.1. The number of likely N-dealkylation sites (tertiary alicyclic amines) is 1. The smallest absolute Gasteiger partial charge is 0.369 e. The molecule has 2 amide bonds. The molecule has 21 heavy (non-hydrogen) atoms. The quantitative estimate of drug-likeness (QED) is 0.864. The summed E-state index contributed by atoms with van der Waals surface area (Å²) < 4.78 is 51.6. The van der Waals surface area contributed by atoms with Crippen LogP contribution in [-0.4, -0.2) is 23.3 Å². The van der Waals surface area contributed by atoms with Crippen LogP contribution >= 0.6 is 0 Å². The van der Waals surface area contributed by atoms with Crippen LogP contribution in [0.4, 0.5) is 17.6 Å². The van der Waals surface area contributed by atoms with Crippen molar-refractivity contribution < 1.29 is 27.2 Å². The number of nitrogens with two attached hydrogens (primary N) is 1. The van der Waals surface area contributed by atoms with Crippen molar-refractivity contribution in [2.45, 2.75) is 19.1 Å². The number of benzene rings is 1. The van der Waals surface area contributed by atoms with Gasteiger partial charge in [-0.3, -0.25) is 9.59 Å². The third-order valence-corrected chi connectivity index (χ3v) is 3.36. The molecule has 2 rings (SSSR count). The molecule has 0 saturated carbocycles. The van der Waals surface area contributed by atoms with Gasteiger partial charge in [0.05, 0.1) is 11.5 Å². The fourth-order valence-electron chi connectivity index (χ4n) is 2.27. The van der Waals surface area contributed by atoms with Gasteiger partial charge in [-0.25, -0.2) is 4.39 Å². The van der Waals surface area contributed by atoms with Crippen LogP contribution in [-0.2, 0) is 22.3 Å². The summed E-state index contributed by atoms with van der Waals surface area (Å²) in [5.74, 6) is -2.82. The van der Waals surface area contributed by atoms with Gasteiger partial charge in [0.1, 0.15) is 5.82 Å². The van der Waals surface area contributed by atoms with Gasteiger partial charge in [-0.2, -0.15) is 13.2 Å². The summed E-state index contributed by atoms with van der Waals surface area (Å²) in [4.78, 5) is 23.8. The number of halogens is 4. The van der Waals surface area contributed by atoms with Gasteiger partial charge in [-0.05, 0) is 17.7 Å². The van der Waals surface area contributed by atoms with Gasteiger partial charge in [-0.15, -0.1) is 0 Å². The van der Waals surface area contributed by atoms with Gasteiger partial charge < -0.3 is 10.6 Å². The molecule has 1 aromatic rings. The lowest BCUT2D eigenvalue weighted by Gasteiger charge is -2.19. The highest BCUT2D eigenvalue weighted by atomic mass is 19.4. The Morgan fingerprint density at radius 1 is 1.38 bits per heavy atom. The Morgan fingerprint density at radius 2 is 2.05 bits per heavy atom. The average molecular weight is 304 g/mol. The Labute approximate surface area is 117 Å². The molecule has 1 atom stereocenters. The monoisotopic (exact) mass is 304 g/mol. The van der Waals surface area contributed by atoms with E-state index in [0.717, 1.165) is 17.0 Å². The van der Waals surface area contributed by atoms with Crippen LogP contribution in [0.25, 0.3) is 0 Å². The van der Waals surface area contributed by atoms with Crippen molar-refractivity contribution in [1.82, 2.24) is 4.90 Å². The summed E-state index contributed by atoms with van der Waals surface area (Å²) >= 11 is 0. The highest BCUT2D eigenvalue weighted by Crippen LogP contribution is 2.33. The fourth-order valence-corrected chi connectivity index (χ4v) is 2.27. The molecule has 8 heteroatoms. The van der Waals surface area contributed by atoms with E-state index in [2.05, 4.69) is 0 Å². The normalized spacial score (nSPS) is 19.1. The van der Waals surface area contributed by atoms with Crippen LogP contribution < -0.4 is 5.73 Å². The molecule has 1 aliphatic rings. The van der Waals surface area contributed by atoms with E-state index in [1.165, 1.54) is 0 Å². The van der Waals surface area contributed by atoms with Crippen molar-refractivity contribution in [1.29, 1.82) is 0 Å². The first-order chi connectivity index (χ1) is 9.68. The van der Waals surface area contributed by atoms with E-state index in [4.69, 9.17) is 5.73 Å². The molecule has 0 radical (unpaired) electrons. The molecule has 0 aromatic heterocycles. The van der Waals surface area contributed by atoms with Crippen molar-refractivity contribution >= 4 is 11.8 Å². The Hall–Kier alpha value is -2.12. The molecule has 0 spiro atoms. The number of nitrogens with zero attached hydrogens (tertiary/aromatic N) is 1. The maximum atomic E-state index is 13.0. The maximum Gasteiger partial charge on any atom is 0.416 e. The second-order valence-electron chi connectivity index (χ2n) is 4.88. The zero-order valence-electron chi connectivity index (χ0n) is 10.8. The van der Waals surface area contributed by atoms with Crippen LogP contribution in [0.1, 0.15) is 17.5 Å². The molecule has 4 nitrogen and oxygen atoms in total. The van der Waals surface area contributed by atoms with Crippen LogP contribution in [0.5, 0.6) is 0 Å². The minimum atomic E-state index is -4.72. The maximum absolute atomic E-state index is 13.0. The largest absolute Gasteiger partial charge is 0.416 e. The molecule has 1 aromatic carbocycles. The number of alkyl halides is 3. The number of primary amides is 1. The summed E-state index contributed by atoms with van der Waals surface area (Å²) in [5.41, 5.74) is 3.74. The molecule has 2 N–H and O–H groups in total. The highest BCUT2D eigenvalue weighted by Gasteiger charge is 2.37. The van der Waals surface area contributed by atoms with Crippen molar-refractivity contribution in [2.24, 2.45) is 11.7 Å². The van der Waals surface area contributed by atoms with Crippen LogP contribution in [0.3, 0.4) is 0 Å². The zero-order valence-corrected chi connectivity index (χ0v) is 10.8. The molecule has 1 aliphatic heterocycles. The average Bonchev–Trinajstić information content (AvgIpc) is 2.72. The van der Waals surface area contributed by atoms with E-state index in [0.29, 0.717) is 6.07 Å². The molecule has 0 aliphatic carbocycles. The molecule has 1 fully saturated rings. The number of rotatable bonds is 3. The van der Waals surface area contributed by atoms with E-state index in [1.807, 2.05) is 0 Å². The number of hydrogen-bond donors (Lipinski definition) is 1. The Balaban J connectivity index is 2.24. The Morgan fingerprint density at radius 3 is 2.57 bits per heavy atom. The third kappa shape index (κ3) is 3.32. The van der Waals surface area contributed by atoms with Gasteiger partial charge in [0.2, 0.25) is 11.8 Å². The van der Waals surface area contributed by atoms with E-state index in [-0.39, 0.29) is 25.1 Å². The second kappa shape index (κ2) is 5.34. The topological polar surface area (TPSA) is 63.4 Å². The Bertz CT molecular complexity index is 586. The van der Waals surface area contributed by atoms with E-state index >= 15 is 0 Å². The summed E-state index contributed by atoms with van der Waals surface area (Å²) in [7, 11) is 0. The van der Waals surface area contributed by atoms with Crippen molar-refractivity contribution in [2.75, 3.05) is 6.54 Å². The molecule has 1 saturated heterocycles. The first-order valence-electron chi connectivity index (χ1n) is 6.11. The molecule has 0 bridgehead atoms. The van der Waals surface area contributed by atoms with Crippen molar-refractivity contribution in [3.8, 4) is 0 Å². The third-order valence-electron chi connectivity index (χ3n) is 3.36. The minimum Gasteiger partial charge on any atom is -0.369 e. The van der Waals surface area contributed by atoms with Crippen molar-refractivity contribution in [3.05, 3.63) is 35.1 Å². The lowest BCUT2D eigenvalue weighted by Crippen LogP contribution is -2.29. The fraction of sp³-hybridized carbons (Fsp3) is 0.385. The van der Waals surface area contributed by atoms with Crippen LogP contribution in [0, 0.1) is 11.7 Å². The summed E-state index contributed by atoms with van der Waals surface area (Å²) in [6, 6.07) is 2.28. The standard InChI is InChI=1S/C13H12F4N2O2/c14-9-2-1-7(10(4-9)13(15,16)17)5-19-6-8(12(18)21)3-11(19)20/h1-2,4,8H,3,5-6H2,(H2,18,21). The molecular weight excluding hydrogens is 292 g/mol. The first-order valence-corrected chi connectivity index (χ1v) is 6.11. The number of carbonyl (C=O) groups is 2. The number of hydrogen-bond acceptors (Lipinski definition) is 2. The highest BCUT2D eigenvalue weighted by molar-refractivity contribution is 5.88. The minimum absolute atomic E-state index is 0.0250. The molecule has 114 valence electrons. The summed E-state index contributed by atoms with van der Waals surface area (Å²) in [6.07, 6.45) is -4.83. The number of amides is 2. The van der Waals surface area contributed by atoms with Gasteiger partial charge >= 0.3 is 6.18 Å². The Kier molecular flexibility index (Phi) is 3.89. The molecule has 1 unspecified atom stereocenters. The van der Waals surface area contributed by atoms with Gasteiger partial charge in [0, 0.05) is 19.5 Å². The predicted octanol–water partition coefficient (Wildman–Crippen LogP) is 1.68. The van der Waals surface area contributed by atoms with E-state index in [9.17, 15) is 27.2 Å². The molecular formula is C13H12F4N2O2. The van der Waals surface area contributed by atoms with Gasteiger partial charge in [-0.1, -0.05) is 6.07 Å². The summed E-state index contributed by atoms with van der Waals surface area (Å²) in [5, 5.41) is 0. The predicted molar refractivity (Wildman–Crippen MR) is 64.1 cm³/mol. The van der Waals surface area contributed by atoms with Crippen LogP contribution in [0.2, 0.25) is 0 Å². The number of carbonyl (C=O) groups excluding carboxylic acids is 2. The van der Waals surface area contributed by atoms with Crippen molar-refractivity contribution in [3.63, 3.8) is 0 Å². The first kappa shape index (κ1) is 15.3. The second-order valence-corrected chi connectivity index (χ2v) is 4.88. The van der Waals surface area contributed by atoms with E-state index < -0.39 is 35.3 Å². The van der Waals surface area contributed by atoms with Gasteiger partial charge in [0.25, 0.3) is 0 Å². The SMILES string of the molecule is NC(=O)C1CC(=O)N(Cc2ccc(F)cc2C(F)(F)F)C1. The molecule has 1 heterocycles. The van der Waals surface area contributed by atoms with E-state index in [1.54, 1.807) is 0 Å². The summed E-state index contributed by atoms with van der Waals surface area (Å²) in [6.45, 7) is -0.361. The van der Waals surface area contributed by atoms with Crippen LogP contribution in [0.15, 0.2) is 18.2 Å².